The lowest BCUT2D eigenvalue weighted by atomic mass is 10.00. The van der Waals surface area contributed by atoms with Gasteiger partial charge < -0.3 is 63.8 Å². The van der Waals surface area contributed by atoms with E-state index in [9.17, 15) is 40.5 Å². The second-order valence-corrected chi connectivity index (χ2v) is 9.80. The normalized spacial score (nSPS) is 34.0. The van der Waals surface area contributed by atoms with Crippen molar-refractivity contribution < 1.29 is 63.8 Å². The van der Waals surface area contributed by atoms with E-state index in [-0.39, 0.29) is 22.3 Å². The average molecular weight is 579 g/mol. The van der Waals surface area contributed by atoms with Gasteiger partial charge in [0, 0.05) is 12.1 Å². The lowest BCUT2D eigenvalue weighted by Gasteiger charge is -2.44. The van der Waals surface area contributed by atoms with E-state index in [1.807, 2.05) is 0 Å². The molecule has 10 atom stereocenters. The van der Waals surface area contributed by atoms with Gasteiger partial charge in [-0.3, -0.25) is 4.79 Å². The monoisotopic (exact) mass is 578 g/mol. The van der Waals surface area contributed by atoms with Crippen LogP contribution in [0.4, 0.5) is 0 Å². The second-order valence-electron chi connectivity index (χ2n) is 9.80. The van der Waals surface area contributed by atoms with Crippen LogP contribution in [0.3, 0.4) is 0 Å². The number of aromatic hydroxyl groups is 1. The van der Waals surface area contributed by atoms with E-state index >= 15 is 0 Å². The van der Waals surface area contributed by atoms with Gasteiger partial charge in [-0.15, -0.1) is 0 Å². The van der Waals surface area contributed by atoms with Crippen molar-refractivity contribution >= 4 is 11.0 Å². The minimum absolute atomic E-state index is 0.0544. The van der Waals surface area contributed by atoms with Crippen molar-refractivity contribution in [2.75, 3.05) is 7.11 Å². The molecular formula is C27H30O14. The Morgan fingerprint density at radius 2 is 1.37 bits per heavy atom. The second kappa shape index (κ2) is 11.5. The number of ether oxygens (including phenoxy) is 5. The van der Waals surface area contributed by atoms with E-state index in [2.05, 4.69) is 0 Å². The van der Waals surface area contributed by atoms with Gasteiger partial charge in [0.2, 0.25) is 11.7 Å². The molecule has 0 amide bonds. The van der Waals surface area contributed by atoms with Crippen LogP contribution in [0.2, 0.25) is 0 Å². The minimum atomic E-state index is -1.86. The summed E-state index contributed by atoms with van der Waals surface area (Å²) >= 11 is 0. The van der Waals surface area contributed by atoms with Gasteiger partial charge in [0.1, 0.15) is 71.1 Å². The molecule has 0 spiro atoms. The Bertz CT molecular complexity index is 1420. The highest BCUT2D eigenvalue weighted by Gasteiger charge is 2.50. The number of aliphatic hydroxyl groups excluding tert-OH is 6. The highest BCUT2D eigenvalue weighted by molar-refractivity contribution is 5.88. The number of rotatable bonds is 6. The van der Waals surface area contributed by atoms with Crippen molar-refractivity contribution in [3.63, 3.8) is 0 Å². The molecule has 1 aromatic heterocycles. The highest BCUT2D eigenvalue weighted by Crippen LogP contribution is 2.34. The number of aliphatic hydroxyl groups is 6. The highest BCUT2D eigenvalue weighted by atomic mass is 16.8. The zero-order chi connectivity index (χ0) is 29.6. The molecule has 14 heteroatoms. The Morgan fingerprint density at radius 1 is 0.756 bits per heavy atom. The van der Waals surface area contributed by atoms with Crippen LogP contribution in [0.15, 0.2) is 51.9 Å². The fourth-order valence-corrected chi connectivity index (χ4v) is 4.67. The summed E-state index contributed by atoms with van der Waals surface area (Å²) in [4.78, 5) is 13.2. The van der Waals surface area contributed by atoms with Gasteiger partial charge >= 0.3 is 0 Å². The van der Waals surface area contributed by atoms with E-state index in [1.54, 1.807) is 24.3 Å². The lowest BCUT2D eigenvalue weighted by molar-refractivity contribution is -0.388. The predicted octanol–water partition coefficient (Wildman–Crippen LogP) is -0.838. The first-order chi connectivity index (χ1) is 19.5. The van der Waals surface area contributed by atoms with Gasteiger partial charge in [-0.1, -0.05) is 12.1 Å². The number of phenols is 1. The molecule has 5 rings (SSSR count). The van der Waals surface area contributed by atoms with Crippen LogP contribution in [0.1, 0.15) is 6.92 Å². The number of methoxy groups -OCH3 is 1. The van der Waals surface area contributed by atoms with Crippen molar-refractivity contribution in [3.8, 4) is 28.4 Å². The van der Waals surface area contributed by atoms with Crippen molar-refractivity contribution in [2.45, 2.75) is 68.5 Å². The SMILES string of the molecule is COc1ccc(-c2coc3cc(OC4OC(OC5OC(C)C(O)C(O)C5O)C(O)C(O)C4O)cc(O)c3c2=O)cc1. The van der Waals surface area contributed by atoms with Crippen molar-refractivity contribution in [1.82, 2.24) is 0 Å². The van der Waals surface area contributed by atoms with Crippen molar-refractivity contribution in [2.24, 2.45) is 0 Å². The third-order valence-electron chi connectivity index (χ3n) is 7.09. The Labute approximate surface area is 232 Å². The molecule has 2 saturated heterocycles. The molecule has 10 unspecified atom stereocenters. The van der Waals surface area contributed by atoms with Gasteiger partial charge in [0.25, 0.3) is 0 Å². The molecule has 41 heavy (non-hydrogen) atoms. The average Bonchev–Trinajstić information content (AvgIpc) is 2.96. The molecule has 0 bridgehead atoms. The van der Waals surface area contributed by atoms with Gasteiger partial charge in [0.05, 0.1) is 18.8 Å². The molecule has 14 nitrogen and oxygen atoms in total. The van der Waals surface area contributed by atoms with Crippen molar-refractivity contribution in [3.05, 3.63) is 52.9 Å². The summed E-state index contributed by atoms with van der Waals surface area (Å²) in [6.45, 7) is 1.42. The van der Waals surface area contributed by atoms with Crippen LogP contribution in [0, 0.1) is 0 Å². The third kappa shape index (κ3) is 5.49. The zero-order valence-electron chi connectivity index (χ0n) is 21.8. The van der Waals surface area contributed by atoms with Gasteiger partial charge in [-0.2, -0.15) is 0 Å². The smallest absolute Gasteiger partial charge is 0.231 e. The fraction of sp³-hybridized carbons (Fsp3) is 0.444. The van der Waals surface area contributed by atoms with Crippen LogP contribution in [0.25, 0.3) is 22.1 Å². The Kier molecular flexibility index (Phi) is 8.20. The molecule has 0 radical (unpaired) electrons. The van der Waals surface area contributed by atoms with Crippen LogP contribution in [0.5, 0.6) is 17.2 Å². The predicted molar refractivity (Wildman–Crippen MR) is 137 cm³/mol. The van der Waals surface area contributed by atoms with Crippen LogP contribution in [-0.4, -0.2) is 104 Å². The molecule has 222 valence electrons. The summed E-state index contributed by atoms with van der Waals surface area (Å²) in [6, 6.07) is 8.99. The molecule has 2 fully saturated rings. The molecule has 3 heterocycles. The molecule has 2 aliphatic heterocycles. The molecule has 2 aromatic carbocycles. The minimum Gasteiger partial charge on any atom is -0.507 e. The van der Waals surface area contributed by atoms with E-state index in [1.165, 1.54) is 26.4 Å². The summed E-state index contributed by atoms with van der Waals surface area (Å²) in [5, 5.41) is 71.9. The largest absolute Gasteiger partial charge is 0.507 e. The molecule has 2 aliphatic rings. The van der Waals surface area contributed by atoms with Crippen LogP contribution < -0.4 is 14.9 Å². The topological polar surface area (TPSA) is 218 Å². The van der Waals surface area contributed by atoms with Crippen LogP contribution >= 0.6 is 0 Å². The van der Waals surface area contributed by atoms with E-state index in [4.69, 9.17) is 28.1 Å². The first-order valence-electron chi connectivity index (χ1n) is 12.6. The summed E-state index contributed by atoms with van der Waals surface area (Å²) in [5.74, 6) is -0.0437. The standard InChI is InChI=1S/C27H30O14/c1-10-18(29)20(31)22(33)25(38-10)40-27-24(35)21(32)23(34)26(41-27)39-13-7-15(28)17-16(8-13)37-9-14(19(17)30)11-3-5-12(36-2)6-4-11/h3-10,18,20-29,31-35H,1-2H3. The fourth-order valence-electron chi connectivity index (χ4n) is 4.67. The quantitative estimate of drug-likeness (QED) is 0.190. The van der Waals surface area contributed by atoms with Crippen molar-refractivity contribution in [1.29, 1.82) is 0 Å². The number of phenolic OH excluding ortho intramolecular Hbond substituents is 1. The third-order valence-corrected chi connectivity index (χ3v) is 7.09. The molecular weight excluding hydrogens is 548 g/mol. The Hall–Kier alpha value is -3.31. The summed E-state index contributed by atoms with van der Waals surface area (Å²) in [6.07, 6.45) is -15.0. The summed E-state index contributed by atoms with van der Waals surface area (Å²) < 4.78 is 32.6. The van der Waals surface area contributed by atoms with Gasteiger partial charge in [-0.25, -0.2) is 0 Å². The van der Waals surface area contributed by atoms with E-state index in [0.29, 0.717) is 11.3 Å². The zero-order valence-corrected chi connectivity index (χ0v) is 21.8. The number of fused-ring (bicyclic) bond motifs is 1. The first kappa shape index (κ1) is 29.2. The maximum atomic E-state index is 13.2. The summed E-state index contributed by atoms with van der Waals surface area (Å²) in [7, 11) is 1.51. The number of hydrogen-bond acceptors (Lipinski definition) is 14. The first-order valence-corrected chi connectivity index (χ1v) is 12.6. The molecule has 0 aliphatic carbocycles. The van der Waals surface area contributed by atoms with E-state index in [0.717, 1.165) is 6.07 Å². The Morgan fingerprint density at radius 3 is 2.02 bits per heavy atom. The molecule has 7 N–H and O–H groups in total. The number of benzene rings is 2. The molecule has 0 saturated carbocycles. The Balaban J connectivity index is 1.37. The lowest BCUT2D eigenvalue weighted by Crippen LogP contribution is -2.63. The summed E-state index contributed by atoms with van der Waals surface area (Å²) in [5.41, 5.74) is 0.142. The number of hydrogen-bond donors (Lipinski definition) is 7. The molecule has 3 aromatic rings. The maximum absolute atomic E-state index is 13.2. The van der Waals surface area contributed by atoms with Gasteiger partial charge in [-0.05, 0) is 24.6 Å². The van der Waals surface area contributed by atoms with Gasteiger partial charge in [0.15, 0.2) is 12.6 Å². The maximum Gasteiger partial charge on any atom is 0.231 e. The van der Waals surface area contributed by atoms with E-state index < -0.39 is 72.8 Å². The van der Waals surface area contributed by atoms with Crippen LogP contribution in [-0.2, 0) is 14.2 Å².